The molecular weight excluding hydrogens is 416 g/mol. The molecule has 0 radical (unpaired) electrons. The van der Waals surface area contributed by atoms with Crippen LogP contribution >= 0.6 is 0 Å². The number of aromatic nitrogens is 2. The predicted octanol–water partition coefficient (Wildman–Crippen LogP) is 5.52. The average molecular weight is 451 g/mol. The number of imidazole rings is 1. The molecule has 0 aliphatic carbocycles. The number of para-hydroxylation sites is 1. The highest BCUT2D eigenvalue weighted by Gasteiger charge is 2.13. The Labute approximate surface area is 195 Å². The minimum atomic E-state index is -0.213. The Hall–Kier alpha value is -3.48. The van der Waals surface area contributed by atoms with Gasteiger partial charge in [-0.1, -0.05) is 32.4 Å². The van der Waals surface area contributed by atoms with Crippen molar-refractivity contribution in [1.82, 2.24) is 14.9 Å². The van der Waals surface area contributed by atoms with Crippen LogP contribution < -0.4 is 15.4 Å². The maximum absolute atomic E-state index is 12.2. The number of ether oxygens (including phenoxy) is 1. The SMILES string of the molecule is CCCCNC(=O)Nc1c(C)cccc1OCCCn1cnc(-c2ccc(O)cc2)c1CC. The molecule has 0 fully saturated rings. The van der Waals surface area contributed by atoms with Gasteiger partial charge in [-0.3, -0.25) is 0 Å². The molecule has 1 aromatic heterocycles. The summed E-state index contributed by atoms with van der Waals surface area (Å²) in [6, 6.07) is 12.7. The molecule has 3 N–H and O–H groups in total. The number of aromatic hydroxyl groups is 1. The number of carbonyl (C=O) groups is 1. The van der Waals surface area contributed by atoms with E-state index in [1.165, 1.54) is 0 Å². The molecule has 0 unspecified atom stereocenters. The number of nitrogens with zero attached hydrogens (tertiary/aromatic N) is 2. The van der Waals surface area contributed by atoms with Crippen LogP contribution in [0, 0.1) is 6.92 Å². The van der Waals surface area contributed by atoms with Gasteiger partial charge in [0.25, 0.3) is 0 Å². The number of amides is 2. The lowest BCUT2D eigenvalue weighted by atomic mass is 10.1. The first-order valence-corrected chi connectivity index (χ1v) is 11.6. The first-order chi connectivity index (χ1) is 16.0. The van der Waals surface area contributed by atoms with E-state index in [-0.39, 0.29) is 11.8 Å². The van der Waals surface area contributed by atoms with E-state index < -0.39 is 0 Å². The number of rotatable bonds is 11. The summed E-state index contributed by atoms with van der Waals surface area (Å²) in [6.07, 6.45) is 5.50. The lowest BCUT2D eigenvalue weighted by Gasteiger charge is -2.16. The van der Waals surface area contributed by atoms with Crippen LogP contribution in [0.5, 0.6) is 11.5 Å². The monoisotopic (exact) mass is 450 g/mol. The summed E-state index contributed by atoms with van der Waals surface area (Å²) in [5.74, 6) is 0.920. The first kappa shape index (κ1) is 24.2. The zero-order valence-electron chi connectivity index (χ0n) is 19.7. The zero-order valence-corrected chi connectivity index (χ0v) is 19.7. The molecule has 0 aliphatic rings. The number of carbonyl (C=O) groups excluding carboxylic acids is 1. The van der Waals surface area contributed by atoms with E-state index in [4.69, 9.17) is 4.74 Å². The summed E-state index contributed by atoms with van der Waals surface area (Å²) in [6.45, 7) is 8.11. The summed E-state index contributed by atoms with van der Waals surface area (Å²) in [7, 11) is 0. The maximum Gasteiger partial charge on any atom is 0.319 e. The number of hydrogen-bond acceptors (Lipinski definition) is 4. The van der Waals surface area contributed by atoms with Crippen LogP contribution in [0.4, 0.5) is 10.5 Å². The van der Waals surface area contributed by atoms with Crippen molar-refractivity contribution >= 4 is 11.7 Å². The van der Waals surface area contributed by atoms with Crippen molar-refractivity contribution in [2.75, 3.05) is 18.5 Å². The van der Waals surface area contributed by atoms with Crippen molar-refractivity contribution in [2.45, 2.75) is 53.0 Å². The molecule has 7 heteroatoms. The molecule has 176 valence electrons. The molecule has 0 bridgehead atoms. The van der Waals surface area contributed by atoms with Gasteiger partial charge in [0.1, 0.15) is 11.5 Å². The highest BCUT2D eigenvalue weighted by Crippen LogP contribution is 2.28. The van der Waals surface area contributed by atoms with Gasteiger partial charge in [0.2, 0.25) is 0 Å². The van der Waals surface area contributed by atoms with Gasteiger partial charge in [0.15, 0.2) is 0 Å². The van der Waals surface area contributed by atoms with Gasteiger partial charge >= 0.3 is 6.03 Å². The normalized spacial score (nSPS) is 10.8. The molecule has 33 heavy (non-hydrogen) atoms. The Bertz CT molecular complexity index is 1040. The second-order valence-corrected chi connectivity index (χ2v) is 8.02. The number of aryl methyl sites for hydroxylation is 2. The molecule has 0 spiro atoms. The lowest BCUT2D eigenvalue weighted by molar-refractivity contribution is 0.251. The average Bonchev–Trinajstić information content (AvgIpc) is 3.22. The van der Waals surface area contributed by atoms with Crippen LogP contribution in [0.2, 0.25) is 0 Å². The molecule has 1 heterocycles. The highest BCUT2D eigenvalue weighted by molar-refractivity contribution is 5.91. The van der Waals surface area contributed by atoms with Crippen molar-refractivity contribution in [3.05, 3.63) is 60.0 Å². The molecule has 2 aromatic carbocycles. The molecule has 2 amide bonds. The second-order valence-electron chi connectivity index (χ2n) is 8.02. The van der Waals surface area contributed by atoms with E-state index in [1.54, 1.807) is 12.1 Å². The first-order valence-electron chi connectivity index (χ1n) is 11.6. The molecule has 0 aliphatic heterocycles. The van der Waals surface area contributed by atoms with Gasteiger partial charge in [-0.2, -0.15) is 0 Å². The number of hydrogen-bond donors (Lipinski definition) is 3. The molecule has 0 saturated carbocycles. The van der Waals surface area contributed by atoms with Crippen LogP contribution in [0.3, 0.4) is 0 Å². The Morgan fingerprint density at radius 3 is 2.64 bits per heavy atom. The Morgan fingerprint density at radius 1 is 1.12 bits per heavy atom. The van der Waals surface area contributed by atoms with Crippen LogP contribution in [-0.2, 0) is 13.0 Å². The highest BCUT2D eigenvalue weighted by atomic mass is 16.5. The van der Waals surface area contributed by atoms with E-state index >= 15 is 0 Å². The molecule has 7 nitrogen and oxygen atoms in total. The molecule has 0 saturated heterocycles. The van der Waals surface area contributed by atoms with E-state index in [1.807, 2.05) is 43.6 Å². The van der Waals surface area contributed by atoms with Gasteiger partial charge in [-0.25, -0.2) is 9.78 Å². The number of unbranched alkanes of at least 4 members (excludes halogenated alkanes) is 1. The molecule has 3 rings (SSSR count). The van der Waals surface area contributed by atoms with Gasteiger partial charge in [-0.15, -0.1) is 0 Å². The van der Waals surface area contributed by atoms with Crippen LogP contribution in [0.1, 0.15) is 44.4 Å². The summed E-state index contributed by atoms with van der Waals surface area (Å²) >= 11 is 0. The third kappa shape index (κ3) is 6.51. The summed E-state index contributed by atoms with van der Waals surface area (Å²) in [5.41, 5.74) is 4.75. The zero-order chi connectivity index (χ0) is 23.6. The topological polar surface area (TPSA) is 88.4 Å². The fourth-order valence-electron chi connectivity index (χ4n) is 3.71. The second kappa shape index (κ2) is 11.9. The maximum atomic E-state index is 12.2. The number of urea groups is 1. The molecule has 0 atom stereocenters. The lowest BCUT2D eigenvalue weighted by Crippen LogP contribution is -2.30. The molecule has 3 aromatic rings. The van der Waals surface area contributed by atoms with Crippen molar-refractivity contribution in [2.24, 2.45) is 0 Å². The number of phenols is 1. The van der Waals surface area contributed by atoms with Gasteiger partial charge < -0.3 is 25.0 Å². The van der Waals surface area contributed by atoms with E-state index in [2.05, 4.69) is 34.0 Å². The number of nitrogens with one attached hydrogen (secondary N) is 2. The van der Waals surface area contributed by atoms with E-state index in [0.29, 0.717) is 24.6 Å². The fourth-order valence-corrected chi connectivity index (χ4v) is 3.71. The standard InChI is InChI=1S/C26H34N4O3/c1-4-6-15-27-26(32)29-24-19(3)9-7-10-23(24)33-17-8-16-30-18-28-25(22(30)5-2)20-11-13-21(31)14-12-20/h7,9-14,18,31H,4-6,8,15-17H2,1-3H3,(H2,27,29,32). The predicted molar refractivity (Wildman–Crippen MR) is 132 cm³/mol. The van der Waals surface area contributed by atoms with Crippen LogP contribution in [0.15, 0.2) is 48.8 Å². The number of benzene rings is 2. The van der Waals surface area contributed by atoms with Crippen LogP contribution in [-0.4, -0.2) is 33.8 Å². The summed E-state index contributed by atoms with van der Waals surface area (Å²) in [4.78, 5) is 16.8. The largest absolute Gasteiger partial charge is 0.508 e. The van der Waals surface area contributed by atoms with Crippen LogP contribution in [0.25, 0.3) is 11.3 Å². The van der Waals surface area contributed by atoms with Crippen molar-refractivity contribution in [3.8, 4) is 22.8 Å². The van der Waals surface area contributed by atoms with Gasteiger partial charge in [0.05, 0.1) is 24.3 Å². The Kier molecular flexibility index (Phi) is 8.75. The summed E-state index contributed by atoms with van der Waals surface area (Å²) in [5, 5.41) is 15.3. The third-order valence-corrected chi connectivity index (χ3v) is 5.51. The van der Waals surface area contributed by atoms with E-state index in [0.717, 1.165) is 54.7 Å². The summed E-state index contributed by atoms with van der Waals surface area (Å²) < 4.78 is 8.20. The Balaban J connectivity index is 1.59. The van der Waals surface area contributed by atoms with Crippen molar-refractivity contribution in [3.63, 3.8) is 0 Å². The third-order valence-electron chi connectivity index (χ3n) is 5.51. The quantitative estimate of drug-likeness (QED) is 0.336. The van der Waals surface area contributed by atoms with Crippen molar-refractivity contribution in [1.29, 1.82) is 0 Å². The Morgan fingerprint density at radius 2 is 1.91 bits per heavy atom. The minimum absolute atomic E-state index is 0.213. The van der Waals surface area contributed by atoms with E-state index in [9.17, 15) is 9.90 Å². The van der Waals surface area contributed by atoms with Crippen molar-refractivity contribution < 1.29 is 14.6 Å². The minimum Gasteiger partial charge on any atom is -0.508 e. The number of anilines is 1. The fraction of sp³-hybridized carbons (Fsp3) is 0.385. The smallest absolute Gasteiger partial charge is 0.319 e. The van der Waals surface area contributed by atoms with Gasteiger partial charge in [0, 0.05) is 24.3 Å². The number of phenolic OH excluding ortho intramolecular Hbond substituents is 1. The molecular formula is C26H34N4O3. The van der Waals surface area contributed by atoms with Gasteiger partial charge in [-0.05, 0) is 62.1 Å².